The van der Waals surface area contributed by atoms with Crippen LogP contribution in [-0.2, 0) is 9.53 Å². The standard InChI is InChI=1S/C10H20O2/c1-5-6-7-8-12-10(3,4)9(2)11/h5-8H2,1-4H3. The minimum absolute atomic E-state index is 0.0963. The molecule has 0 aliphatic carbocycles. The van der Waals surface area contributed by atoms with Crippen LogP contribution in [0.3, 0.4) is 0 Å². The molecule has 0 fully saturated rings. The van der Waals surface area contributed by atoms with E-state index in [0.717, 1.165) is 6.42 Å². The normalized spacial score (nSPS) is 11.7. The van der Waals surface area contributed by atoms with Crippen molar-refractivity contribution in [2.45, 2.75) is 52.6 Å². The van der Waals surface area contributed by atoms with Gasteiger partial charge in [-0.15, -0.1) is 0 Å². The molecule has 0 aliphatic rings. The lowest BCUT2D eigenvalue weighted by Crippen LogP contribution is -2.33. The van der Waals surface area contributed by atoms with Crippen molar-refractivity contribution in [2.24, 2.45) is 0 Å². The smallest absolute Gasteiger partial charge is 0.160 e. The third kappa shape index (κ3) is 4.50. The second-order valence-corrected chi connectivity index (χ2v) is 3.62. The molecule has 0 aliphatic heterocycles. The molecule has 0 atom stereocenters. The van der Waals surface area contributed by atoms with Gasteiger partial charge >= 0.3 is 0 Å². The summed E-state index contributed by atoms with van der Waals surface area (Å²) >= 11 is 0. The van der Waals surface area contributed by atoms with Gasteiger partial charge in [-0.25, -0.2) is 0 Å². The zero-order valence-electron chi connectivity index (χ0n) is 8.64. The maximum atomic E-state index is 11.0. The molecule has 0 unspecified atom stereocenters. The minimum Gasteiger partial charge on any atom is -0.368 e. The number of ether oxygens (including phenoxy) is 1. The van der Waals surface area contributed by atoms with Crippen LogP contribution in [0.15, 0.2) is 0 Å². The molecule has 0 radical (unpaired) electrons. The average Bonchev–Trinajstić information content (AvgIpc) is 1.98. The number of carbonyl (C=O) groups excluding carboxylic acids is 1. The van der Waals surface area contributed by atoms with Crippen molar-refractivity contribution < 1.29 is 9.53 Å². The highest BCUT2D eigenvalue weighted by Gasteiger charge is 2.23. The fourth-order valence-electron chi connectivity index (χ4n) is 0.781. The summed E-state index contributed by atoms with van der Waals surface area (Å²) in [7, 11) is 0. The van der Waals surface area contributed by atoms with E-state index in [1.165, 1.54) is 12.8 Å². The van der Waals surface area contributed by atoms with Crippen LogP contribution in [0.4, 0.5) is 0 Å². The van der Waals surface area contributed by atoms with E-state index in [0.29, 0.717) is 6.61 Å². The van der Waals surface area contributed by atoms with Crippen molar-refractivity contribution in [3.05, 3.63) is 0 Å². The van der Waals surface area contributed by atoms with Crippen LogP contribution in [0.25, 0.3) is 0 Å². The molecule has 0 amide bonds. The van der Waals surface area contributed by atoms with Gasteiger partial charge < -0.3 is 4.74 Å². The summed E-state index contributed by atoms with van der Waals surface area (Å²) in [5.41, 5.74) is -0.590. The fourth-order valence-corrected chi connectivity index (χ4v) is 0.781. The van der Waals surface area contributed by atoms with Crippen molar-refractivity contribution in [2.75, 3.05) is 6.61 Å². The van der Waals surface area contributed by atoms with Crippen molar-refractivity contribution in [1.82, 2.24) is 0 Å². The highest BCUT2D eigenvalue weighted by atomic mass is 16.5. The number of rotatable bonds is 6. The minimum atomic E-state index is -0.590. The molecule has 0 heterocycles. The summed E-state index contributed by atoms with van der Waals surface area (Å²) in [6.45, 7) is 8.05. The Morgan fingerprint density at radius 2 is 1.92 bits per heavy atom. The van der Waals surface area contributed by atoms with E-state index in [-0.39, 0.29) is 5.78 Å². The van der Waals surface area contributed by atoms with Gasteiger partial charge in [0.25, 0.3) is 0 Å². The number of unbranched alkanes of at least 4 members (excludes halogenated alkanes) is 2. The monoisotopic (exact) mass is 172 g/mol. The maximum Gasteiger partial charge on any atom is 0.160 e. The first kappa shape index (κ1) is 11.6. The second-order valence-electron chi connectivity index (χ2n) is 3.62. The van der Waals surface area contributed by atoms with E-state index >= 15 is 0 Å². The van der Waals surface area contributed by atoms with E-state index in [4.69, 9.17) is 4.74 Å². The van der Waals surface area contributed by atoms with E-state index in [1.54, 1.807) is 6.92 Å². The topological polar surface area (TPSA) is 26.3 Å². The first-order valence-corrected chi connectivity index (χ1v) is 4.65. The van der Waals surface area contributed by atoms with E-state index in [1.807, 2.05) is 13.8 Å². The van der Waals surface area contributed by atoms with Gasteiger partial charge in [-0.3, -0.25) is 4.79 Å². The van der Waals surface area contributed by atoms with Gasteiger partial charge in [-0.1, -0.05) is 19.8 Å². The molecular weight excluding hydrogens is 152 g/mol. The lowest BCUT2D eigenvalue weighted by molar-refractivity contribution is -0.138. The summed E-state index contributed by atoms with van der Waals surface area (Å²) in [4.78, 5) is 11.0. The molecule has 72 valence electrons. The third-order valence-electron chi connectivity index (χ3n) is 2.06. The Balaban J connectivity index is 3.54. The molecule has 2 nitrogen and oxygen atoms in total. The second kappa shape index (κ2) is 5.31. The summed E-state index contributed by atoms with van der Waals surface area (Å²) in [5, 5.41) is 0. The number of carbonyl (C=O) groups is 1. The zero-order chi connectivity index (χ0) is 9.61. The van der Waals surface area contributed by atoms with Crippen molar-refractivity contribution >= 4 is 5.78 Å². The van der Waals surface area contributed by atoms with Gasteiger partial charge in [-0.2, -0.15) is 0 Å². The average molecular weight is 172 g/mol. The zero-order valence-corrected chi connectivity index (χ0v) is 8.64. The molecule has 0 aromatic heterocycles. The van der Waals surface area contributed by atoms with Crippen LogP contribution in [0.5, 0.6) is 0 Å². The summed E-state index contributed by atoms with van der Waals surface area (Å²) in [5.74, 6) is 0.0963. The molecule has 0 aromatic rings. The molecule has 0 saturated carbocycles. The summed E-state index contributed by atoms with van der Waals surface area (Å²) in [6.07, 6.45) is 3.41. The van der Waals surface area contributed by atoms with Crippen LogP contribution in [0.2, 0.25) is 0 Å². The van der Waals surface area contributed by atoms with Gasteiger partial charge in [0.05, 0.1) is 0 Å². The molecule has 0 spiro atoms. The lowest BCUT2D eigenvalue weighted by atomic mass is 10.1. The molecule has 0 rings (SSSR count). The predicted molar refractivity (Wildman–Crippen MR) is 50.2 cm³/mol. The molecular formula is C10H20O2. The van der Waals surface area contributed by atoms with E-state index in [2.05, 4.69) is 6.92 Å². The van der Waals surface area contributed by atoms with Gasteiger partial charge in [-0.05, 0) is 27.2 Å². The first-order valence-electron chi connectivity index (χ1n) is 4.65. The van der Waals surface area contributed by atoms with E-state index < -0.39 is 5.60 Å². The predicted octanol–water partition coefficient (Wildman–Crippen LogP) is 2.56. The highest BCUT2D eigenvalue weighted by Crippen LogP contribution is 2.11. The number of hydrogen-bond donors (Lipinski definition) is 0. The lowest BCUT2D eigenvalue weighted by Gasteiger charge is -2.21. The highest BCUT2D eigenvalue weighted by molar-refractivity contribution is 5.83. The molecule has 2 heteroatoms. The molecule has 12 heavy (non-hydrogen) atoms. The van der Waals surface area contributed by atoms with Gasteiger partial charge in [0.15, 0.2) is 5.78 Å². The van der Waals surface area contributed by atoms with Gasteiger partial charge in [0, 0.05) is 6.61 Å². The largest absolute Gasteiger partial charge is 0.368 e. The number of ketones is 1. The number of hydrogen-bond acceptors (Lipinski definition) is 2. The Morgan fingerprint density at radius 3 is 2.33 bits per heavy atom. The Bertz CT molecular complexity index is 139. The van der Waals surface area contributed by atoms with Crippen LogP contribution in [0.1, 0.15) is 47.0 Å². The van der Waals surface area contributed by atoms with Crippen LogP contribution in [0, 0.1) is 0 Å². The summed E-state index contributed by atoms with van der Waals surface area (Å²) < 4.78 is 5.44. The van der Waals surface area contributed by atoms with Crippen LogP contribution in [-0.4, -0.2) is 18.0 Å². The Kier molecular flexibility index (Phi) is 5.14. The van der Waals surface area contributed by atoms with Crippen molar-refractivity contribution in [3.8, 4) is 0 Å². The maximum absolute atomic E-state index is 11.0. The third-order valence-corrected chi connectivity index (χ3v) is 2.06. The summed E-state index contributed by atoms with van der Waals surface area (Å²) in [6, 6.07) is 0. The number of Topliss-reactive ketones (excluding diaryl/α,β-unsaturated/α-hetero) is 1. The molecule has 0 aromatic carbocycles. The fraction of sp³-hybridized carbons (Fsp3) is 0.900. The Hall–Kier alpha value is -0.370. The Labute approximate surface area is 75.3 Å². The molecule has 0 N–H and O–H groups in total. The SMILES string of the molecule is CCCCCOC(C)(C)C(C)=O. The van der Waals surface area contributed by atoms with Crippen LogP contribution < -0.4 is 0 Å². The first-order chi connectivity index (χ1) is 5.50. The van der Waals surface area contributed by atoms with Crippen molar-refractivity contribution in [1.29, 1.82) is 0 Å². The van der Waals surface area contributed by atoms with E-state index in [9.17, 15) is 4.79 Å². The van der Waals surface area contributed by atoms with Gasteiger partial charge in [0.2, 0.25) is 0 Å². The van der Waals surface area contributed by atoms with Gasteiger partial charge in [0.1, 0.15) is 5.60 Å². The van der Waals surface area contributed by atoms with Crippen LogP contribution >= 0.6 is 0 Å². The quantitative estimate of drug-likeness (QED) is 0.575. The molecule has 0 saturated heterocycles. The van der Waals surface area contributed by atoms with Crippen molar-refractivity contribution in [3.63, 3.8) is 0 Å². The Morgan fingerprint density at radius 1 is 1.33 bits per heavy atom. The molecule has 0 bridgehead atoms.